The van der Waals surface area contributed by atoms with Crippen molar-refractivity contribution < 1.29 is 9.59 Å². The molecule has 0 radical (unpaired) electrons. The van der Waals surface area contributed by atoms with Crippen LogP contribution in [0.4, 0.5) is 10.8 Å². The molecule has 2 fully saturated rings. The van der Waals surface area contributed by atoms with E-state index in [9.17, 15) is 9.59 Å². The second kappa shape index (κ2) is 8.23. The summed E-state index contributed by atoms with van der Waals surface area (Å²) in [5.74, 6) is 0.886. The van der Waals surface area contributed by atoms with E-state index in [0.717, 1.165) is 23.4 Å². The third-order valence-corrected chi connectivity index (χ3v) is 6.99. The lowest BCUT2D eigenvalue weighted by atomic mass is 10.2. The number of aliphatic imine (C=N–C) groups is 1. The molecule has 2 aliphatic rings. The molecule has 2 aliphatic heterocycles. The van der Waals surface area contributed by atoms with Crippen LogP contribution in [0.1, 0.15) is 24.1 Å². The molecule has 0 aliphatic carbocycles. The van der Waals surface area contributed by atoms with Crippen molar-refractivity contribution in [2.75, 3.05) is 23.7 Å². The van der Waals surface area contributed by atoms with E-state index in [1.807, 2.05) is 30.5 Å². The van der Waals surface area contributed by atoms with Gasteiger partial charge in [-0.1, -0.05) is 29.4 Å². The van der Waals surface area contributed by atoms with Gasteiger partial charge in [0.15, 0.2) is 10.3 Å². The first-order valence-electron chi connectivity index (χ1n) is 9.04. The Morgan fingerprint density at radius 1 is 1.36 bits per heavy atom. The van der Waals surface area contributed by atoms with Crippen molar-refractivity contribution in [3.8, 4) is 0 Å². The van der Waals surface area contributed by atoms with Gasteiger partial charge in [0.05, 0.1) is 17.8 Å². The first-order valence-corrected chi connectivity index (χ1v) is 11.3. The van der Waals surface area contributed by atoms with Crippen LogP contribution in [-0.4, -0.2) is 45.7 Å². The van der Waals surface area contributed by atoms with Crippen LogP contribution in [0, 0.1) is 6.92 Å². The zero-order valence-electron chi connectivity index (χ0n) is 15.4. The Labute approximate surface area is 176 Å². The smallest absolute Gasteiger partial charge is 0.234 e. The Hall–Kier alpha value is -1.90. The Kier molecular flexibility index (Phi) is 5.70. The summed E-state index contributed by atoms with van der Waals surface area (Å²) in [5, 5.41) is 3.90. The number of benzene rings is 1. The predicted molar refractivity (Wildman–Crippen MR) is 115 cm³/mol. The summed E-state index contributed by atoms with van der Waals surface area (Å²) in [6, 6.07) is 5.59. The zero-order chi connectivity index (χ0) is 19.7. The number of hydrogen-bond donors (Lipinski definition) is 0. The van der Waals surface area contributed by atoms with Gasteiger partial charge in [0.2, 0.25) is 11.8 Å². The molecule has 0 N–H and O–H groups in total. The van der Waals surface area contributed by atoms with E-state index in [2.05, 4.69) is 9.98 Å². The Balaban J connectivity index is 1.48. The number of halogens is 1. The lowest BCUT2D eigenvalue weighted by Gasteiger charge is -2.16. The van der Waals surface area contributed by atoms with Gasteiger partial charge < -0.3 is 0 Å². The van der Waals surface area contributed by atoms with E-state index in [4.69, 9.17) is 11.6 Å². The van der Waals surface area contributed by atoms with E-state index >= 15 is 0 Å². The first kappa shape index (κ1) is 19.4. The highest BCUT2D eigenvalue weighted by molar-refractivity contribution is 8.14. The molecular formula is C19H19ClN4O2S2. The minimum absolute atomic E-state index is 0.0342. The normalized spacial score (nSPS) is 18.5. The summed E-state index contributed by atoms with van der Waals surface area (Å²) in [6.07, 6.45) is 1.63. The molecule has 0 bridgehead atoms. The zero-order valence-corrected chi connectivity index (χ0v) is 17.7. The van der Waals surface area contributed by atoms with Crippen molar-refractivity contribution in [3.05, 3.63) is 39.9 Å². The number of amides is 2. The summed E-state index contributed by atoms with van der Waals surface area (Å²) in [6.45, 7) is 3.26. The molecule has 2 amide bonds. The highest BCUT2D eigenvalue weighted by atomic mass is 35.5. The van der Waals surface area contributed by atoms with Crippen LogP contribution in [0.25, 0.3) is 0 Å². The van der Waals surface area contributed by atoms with Crippen LogP contribution in [0.2, 0.25) is 5.02 Å². The van der Waals surface area contributed by atoms with Gasteiger partial charge in [0.25, 0.3) is 0 Å². The number of rotatable bonds is 4. The molecule has 2 aromatic rings. The fourth-order valence-electron chi connectivity index (χ4n) is 3.15. The molecule has 0 unspecified atom stereocenters. The van der Waals surface area contributed by atoms with Gasteiger partial charge in [-0.15, -0.1) is 11.3 Å². The molecule has 3 heterocycles. The van der Waals surface area contributed by atoms with Gasteiger partial charge in [-0.25, -0.2) is 9.98 Å². The van der Waals surface area contributed by atoms with Crippen molar-refractivity contribution >= 4 is 62.5 Å². The van der Waals surface area contributed by atoms with Crippen LogP contribution in [0.3, 0.4) is 0 Å². The summed E-state index contributed by atoms with van der Waals surface area (Å²) in [4.78, 5) is 37.3. The van der Waals surface area contributed by atoms with Gasteiger partial charge in [0, 0.05) is 35.7 Å². The maximum atomic E-state index is 12.9. The summed E-state index contributed by atoms with van der Waals surface area (Å²) in [5.41, 5.74) is 2.37. The van der Waals surface area contributed by atoms with Gasteiger partial charge in [-0.05, 0) is 31.0 Å². The Morgan fingerprint density at radius 2 is 2.21 bits per heavy atom. The minimum atomic E-state index is -0.0342. The van der Waals surface area contributed by atoms with Crippen LogP contribution in [0.15, 0.2) is 28.6 Å². The van der Waals surface area contributed by atoms with Gasteiger partial charge in [0.1, 0.15) is 0 Å². The van der Waals surface area contributed by atoms with Crippen LogP contribution < -0.4 is 4.90 Å². The molecule has 1 aromatic carbocycles. The van der Waals surface area contributed by atoms with Gasteiger partial charge in [-0.3, -0.25) is 19.4 Å². The van der Waals surface area contributed by atoms with Crippen molar-refractivity contribution in [2.45, 2.75) is 26.2 Å². The number of aromatic nitrogens is 1. The number of hydrogen-bond acceptors (Lipinski definition) is 6. The standard InChI is InChI=1S/C19H19ClN4O2S2/c1-12-14(20)4-2-5-15(12)22-19-24(8-9-27-19)17(26)10-13-11-28-18(21-13)23-7-3-6-16(23)25/h2,4-5,11H,3,6-10H2,1H3. The first-order chi connectivity index (χ1) is 13.5. The highest BCUT2D eigenvalue weighted by Gasteiger charge is 2.28. The van der Waals surface area contributed by atoms with Crippen LogP contribution in [-0.2, 0) is 16.0 Å². The Morgan fingerprint density at radius 3 is 3.00 bits per heavy atom. The third-order valence-electron chi connectivity index (χ3n) is 4.71. The molecular weight excluding hydrogens is 416 g/mol. The highest BCUT2D eigenvalue weighted by Crippen LogP contribution is 2.30. The third kappa shape index (κ3) is 3.94. The fourth-order valence-corrected chi connectivity index (χ4v) is 5.15. The predicted octanol–water partition coefficient (Wildman–Crippen LogP) is 4.04. The van der Waals surface area contributed by atoms with Crippen molar-refractivity contribution in [1.29, 1.82) is 0 Å². The number of thiazole rings is 1. The molecule has 2 saturated heterocycles. The van der Waals surface area contributed by atoms with Gasteiger partial charge in [-0.2, -0.15) is 0 Å². The number of nitrogens with zero attached hydrogens (tertiary/aromatic N) is 4. The molecule has 0 spiro atoms. The van der Waals surface area contributed by atoms with Crippen molar-refractivity contribution in [2.24, 2.45) is 4.99 Å². The molecule has 1 aromatic heterocycles. The van der Waals surface area contributed by atoms with Crippen molar-refractivity contribution in [1.82, 2.24) is 9.88 Å². The quantitative estimate of drug-likeness (QED) is 0.728. The second-order valence-electron chi connectivity index (χ2n) is 6.62. The van der Waals surface area contributed by atoms with Gasteiger partial charge >= 0.3 is 0 Å². The maximum Gasteiger partial charge on any atom is 0.234 e. The van der Waals surface area contributed by atoms with Crippen LogP contribution in [0.5, 0.6) is 0 Å². The molecule has 4 rings (SSSR count). The summed E-state index contributed by atoms with van der Waals surface area (Å²) < 4.78 is 0. The average molecular weight is 435 g/mol. The topological polar surface area (TPSA) is 65.9 Å². The monoisotopic (exact) mass is 434 g/mol. The average Bonchev–Trinajstić information content (AvgIpc) is 3.40. The number of amidine groups is 1. The largest absolute Gasteiger partial charge is 0.290 e. The molecule has 146 valence electrons. The number of carbonyl (C=O) groups excluding carboxylic acids is 2. The number of carbonyl (C=O) groups is 2. The number of anilines is 1. The van der Waals surface area contributed by atoms with Crippen LogP contribution >= 0.6 is 34.7 Å². The lowest BCUT2D eigenvalue weighted by Crippen LogP contribution is -2.33. The van der Waals surface area contributed by atoms with E-state index < -0.39 is 0 Å². The number of thioether (sulfide) groups is 1. The van der Waals surface area contributed by atoms with Crippen molar-refractivity contribution in [3.63, 3.8) is 0 Å². The molecule has 9 heteroatoms. The second-order valence-corrected chi connectivity index (χ2v) is 8.93. The fraction of sp³-hybridized carbons (Fsp3) is 0.368. The lowest BCUT2D eigenvalue weighted by molar-refractivity contribution is -0.126. The molecule has 0 saturated carbocycles. The minimum Gasteiger partial charge on any atom is -0.290 e. The van der Waals surface area contributed by atoms with E-state index in [0.29, 0.717) is 40.5 Å². The summed E-state index contributed by atoms with van der Waals surface area (Å²) >= 11 is 9.16. The van der Waals surface area contributed by atoms with E-state index in [1.165, 1.54) is 11.3 Å². The molecule has 6 nitrogen and oxygen atoms in total. The molecule has 28 heavy (non-hydrogen) atoms. The summed E-state index contributed by atoms with van der Waals surface area (Å²) in [7, 11) is 0. The maximum absolute atomic E-state index is 12.9. The Bertz CT molecular complexity index is 959. The SMILES string of the molecule is Cc1c(Cl)cccc1N=C1SCCN1C(=O)Cc1csc(N2CCCC2=O)n1. The molecule has 0 atom stereocenters. The van der Waals surface area contributed by atoms with E-state index in [-0.39, 0.29) is 18.2 Å². The van der Waals surface area contributed by atoms with E-state index in [1.54, 1.807) is 21.6 Å².